The van der Waals surface area contributed by atoms with Gasteiger partial charge >= 0.3 is 0 Å². The van der Waals surface area contributed by atoms with E-state index in [1.165, 1.54) is 5.56 Å². The first-order chi connectivity index (χ1) is 8.18. The minimum Gasteiger partial charge on any atom is -0.347 e. The molecule has 0 saturated heterocycles. The molecule has 17 heavy (non-hydrogen) atoms. The number of H-pyrrole nitrogens is 1. The van der Waals surface area contributed by atoms with E-state index in [2.05, 4.69) is 63.3 Å². The van der Waals surface area contributed by atoms with E-state index in [4.69, 9.17) is 0 Å². The molecule has 4 heteroatoms. The Bertz CT molecular complexity index is 467. The molecule has 0 radical (unpaired) electrons. The number of hydrogen-bond acceptors (Lipinski definition) is 2. The third-order valence-corrected chi connectivity index (χ3v) is 3.52. The van der Waals surface area contributed by atoms with Crippen LogP contribution in [-0.4, -0.2) is 9.97 Å². The van der Waals surface area contributed by atoms with Gasteiger partial charge in [-0.15, -0.1) is 0 Å². The summed E-state index contributed by atoms with van der Waals surface area (Å²) in [6, 6.07) is 8.73. The normalized spacial score (nSPS) is 14.5. The summed E-state index contributed by atoms with van der Waals surface area (Å²) in [5.74, 6) is 0.962. The molecule has 1 aromatic carbocycles. The Kier molecular flexibility index (Phi) is 3.97. The average Bonchev–Trinajstić information content (AvgIpc) is 2.82. The largest absolute Gasteiger partial charge is 0.347 e. The average molecular weight is 294 g/mol. The molecule has 1 heterocycles. The zero-order valence-electron chi connectivity index (χ0n) is 9.94. The molecule has 0 aliphatic carbocycles. The standard InChI is InChI=1S/C13H16BrN3/c1-9(11-5-3-4-6-12(11)14)17-10(2)13-15-7-8-16-13/h3-10,17H,1-2H3,(H,15,16). The molecule has 2 N–H and O–H groups in total. The van der Waals surface area contributed by atoms with Crippen molar-refractivity contribution in [1.29, 1.82) is 0 Å². The first-order valence-electron chi connectivity index (χ1n) is 5.68. The molecule has 3 nitrogen and oxygen atoms in total. The number of aromatic amines is 1. The van der Waals surface area contributed by atoms with E-state index >= 15 is 0 Å². The Morgan fingerprint density at radius 2 is 2.00 bits per heavy atom. The second-order valence-corrected chi connectivity index (χ2v) is 4.96. The van der Waals surface area contributed by atoms with Gasteiger partial charge in [0.25, 0.3) is 0 Å². The monoisotopic (exact) mass is 293 g/mol. The lowest BCUT2D eigenvalue weighted by Gasteiger charge is -2.20. The smallest absolute Gasteiger partial charge is 0.122 e. The molecular formula is C13H16BrN3. The summed E-state index contributed by atoms with van der Waals surface area (Å²) in [4.78, 5) is 7.38. The highest BCUT2D eigenvalue weighted by molar-refractivity contribution is 9.10. The molecule has 2 rings (SSSR count). The lowest BCUT2D eigenvalue weighted by atomic mass is 10.1. The second kappa shape index (κ2) is 5.47. The van der Waals surface area contributed by atoms with Crippen molar-refractivity contribution in [2.24, 2.45) is 0 Å². The summed E-state index contributed by atoms with van der Waals surface area (Å²) in [7, 11) is 0. The molecule has 0 bridgehead atoms. The van der Waals surface area contributed by atoms with Crippen molar-refractivity contribution in [2.45, 2.75) is 25.9 Å². The summed E-state index contributed by atoms with van der Waals surface area (Å²) in [6.07, 6.45) is 3.62. The lowest BCUT2D eigenvalue weighted by molar-refractivity contribution is 0.478. The van der Waals surface area contributed by atoms with Crippen LogP contribution < -0.4 is 5.32 Å². The fraction of sp³-hybridized carbons (Fsp3) is 0.308. The number of benzene rings is 1. The Hall–Kier alpha value is -1.13. The Morgan fingerprint density at radius 3 is 2.65 bits per heavy atom. The van der Waals surface area contributed by atoms with Crippen LogP contribution in [0.5, 0.6) is 0 Å². The SMILES string of the molecule is CC(NC(C)c1ccccc1Br)c1ncc[nH]1. The topological polar surface area (TPSA) is 40.7 Å². The van der Waals surface area contributed by atoms with Crippen LogP contribution >= 0.6 is 15.9 Å². The minimum absolute atomic E-state index is 0.201. The lowest BCUT2D eigenvalue weighted by Crippen LogP contribution is -2.23. The van der Waals surface area contributed by atoms with Crippen LogP contribution in [0.1, 0.15) is 37.3 Å². The van der Waals surface area contributed by atoms with Gasteiger partial charge in [0.2, 0.25) is 0 Å². The van der Waals surface area contributed by atoms with Crippen LogP contribution in [0.4, 0.5) is 0 Å². The van der Waals surface area contributed by atoms with E-state index in [0.29, 0.717) is 0 Å². The summed E-state index contributed by atoms with van der Waals surface area (Å²) < 4.78 is 1.13. The fourth-order valence-electron chi connectivity index (χ4n) is 1.88. The fourth-order valence-corrected chi connectivity index (χ4v) is 2.51. The van der Waals surface area contributed by atoms with Crippen molar-refractivity contribution in [2.75, 3.05) is 0 Å². The van der Waals surface area contributed by atoms with E-state index in [0.717, 1.165) is 10.3 Å². The van der Waals surface area contributed by atoms with Crippen molar-refractivity contribution in [3.63, 3.8) is 0 Å². The number of nitrogens with zero attached hydrogens (tertiary/aromatic N) is 1. The number of imidazole rings is 1. The van der Waals surface area contributed by atoms with Gasteiger partial charge in [-0.3, -0.25) is 0 Å². The quantitative estimate of drug-likeness (QED) is 0.904. The molecular weight excluding hydrogens is 278 g/mol. The third-order valence-electron chi connectivity index (χ3n) is 2.80. The number of halogens is 1. The van der Waals surface area contributed by atoms with Gasteiger partial charge in [0.1, 0.15) is 5.82 Å². The summed E-state index contributed by atoms with van der Waals surface area (Å²) in [6.45, 7) is 4.26. The Morgan fingerprint density at radius 1 is 1.24 bits per heavy atom. The van der Waals surface area contributed by atoms with Crippen LogP contribution in [0.2, 0.25) is 0 Å². The van der Waals surface area contributed by atoms with E-state index in [1.54, 1.807) is 6.20 Å². The first-order valence-corrected chi connectivity index (χ1v) is 6.47. The second-order valence-electron chi connectivity index (χ2n) is 4.11. The van der Waals surface area contributed by atoms with Gasteiger partial charge in [0.05, 0.1) is 6.04 Å². The zero-order valence-corrected chi connectivity index (χ0v) is 11.5. The molecule has 2 aromatic rings. The molecule has 0 saturated carbocycles. The van der Waals surface area contributed by atoms with Gasteiger partial charge in [-0.1, -0.05) is 34.1 Å². The Labute approximate surface area is 110 Å². The molecule has 0 amide bonds. The maximum absolute atomic E-state index is 4.26. The predicted molar refractivity (Wildman–Crippen MR) is 72.7 cm³/mol. The summed E-state index contributed by atoms with van der Waals surface area (Å²) in [5, 5.41) is 3.52. The molecule has 1 aromatic heterocycles. The van der Waals surface area contributed by atoms with Crippen molar-refractivity contribution in [1.82, 2.24) is 15.3 Å². The highest BCUT2D eigenvalue weighted by Gasteiger charge is 2.14. The molecule has 0 fully saturated rings. The van der Waals surface area contributed by atoms with Gasteiger partial charge < -0.3 is 10.3 Å². The predicted octanol–water partition coefficient (Wildman–Crippen LogP) is 3.58. The zero-order chi connectivity index (χ0) is 12.3. The summed E-state index contributed by atoms with van der Waals surface area (Å²) >= 11 is 3.57. The van der Waals surface area contributed by atoms with Crippen LogP contribution in [0.3, 0.4) is 0 Å². The van der Waals surface area contributed by atoms with Crippen molar-refractivity contribution in [3.8, 4) is 0 Å². The van der Waals surface area contributed by atoms with Crippen LogP contribution in [0.15, 0.2) is 41.1 Å². The minimum atomic E-state index is 0.201. The maximum atomic E-state index is 4.26. The van der Waals surface area contributed by atoms with E-state index in [1.807, 2.05) is 12.3 Å². The van der Waals surface area contributed by atoms with Gasteiger partial charge in [-0.25, -0.2) is 4.98 Å². The van der Waals surface area contributed by atoms with Gasteiger partial charge in [0.15, 0.2) is 0 Å². The third kappa shape index (κ3) is 2.96. The number of hydrogen-bond donors (Lipinski definition) is 2. The van der Waals surface area contributed by atoms with Crippen molar-refractivity contribution < 1.29 is 0 Å². The van der Waals surface area contributed by atoms with Gasteiger partial charge in [-0.2, -0.15) is 0 Å². The van der Waals surface area contributed by atoms with E-state index < -0.39 is 0 Å². The number of aromatic nitrogens is 2. The van der Waals surface area contributed by atoms with Crippen molar-refractivity contribution in [3.05, 3.63) is 52.5 Å². The van der Waals surface area contributed by atoms with E-state index in [-0.39, 0.29) is 12.1 Å². The van der Waals surface area contributed by atoms with Crippen LogP contribution in [0.25, 0.3) is 0 Å². The first kappa shape index (κ1) is 12.3. The van der Waals surface area contributed by atoms with Crippen molar-refractivity contribution >= 4 is 15.9 Å². The number of nitrogens with one attached hydrogen (secondary N) is 2. The molecule has 0 aliphatic rings. The van der Waals surface area contributed by atoms with Crippen LogP contribution in [-0.2, 0) is 0 Å². The Balaban J connectivity index is 2.07. The maximum Gasteiger partial charge on any atom is 0.122 e. The van der Waals surface area contributed by atoms with Gasteiger partial charge in [-0.05, 0) is 25.5 Å². The van der Waals surface area contributed by atoms with Gasteiger partial charge in [0, 0.05) is 22.9 Å². The molecule has 90 valence electrons. The van der Waals surface area contributed by atoms with E-state index in [9.17, 15) is 0 Å². The highest BCUT2D eigenvalue weighted by Crippen LogP contribution is 2.24. The highest BCUT2D eigenvalue weighted by atomic mass is 79.9. The van der Waals surface area contributed by atoms with Crippen LogP contribution in [0, 0.1) is 0 Å². The molecule has 0 aliphatic heterocycles. The summed E-state index contributed by atoms with van der Waals surface area (Å²) in [5.41, 5.74) is 1.26. The molecule has 2 atom stereocenters. The molecule has 2 unspecified atom stereocenters. The number of rotatable bonds is 4. The molecule has 0 spiro atoms.